The number of nitrogens with zero attached hydrogens (tertiary/aromatic N) is 2. The molecular weight excluding hydrogens is 350 g/mol. The number of hydrogen-bond donors (Lipinski definition) is 1. The van der Waals surface area contributed by atoms with Gasteiger partial charge in [-0.15, -0.1) is 0 Å². The summed E-state index contributed by atoms with van der Waals surface area (Å²) in [5.41, 5.74) is 3.14. The maximum atomic E-state index is 12.3. The molecule has 0 bridgehead atoms. The number of ether oxygens (including phenoxy) is 1. The van der Waals surface area contributed by atoms with Gasteiger partial charge in [0.2, 0.25) is 5.91 Å². The molecule has 1 aromatic heterocycles. The molecule has 0 radical (unpaired) electrons. The second-order valence-corrected chi connectivity index (χ2v) is 6.75. The Morgan fingerprint density at radius 1 is 1.27 bits per heavy atom. The third-order valence-corrected chi connectivity index (χ3v) is 4.88. The van der Waals surface area contributed by atoms with Gasteiger partial charge in [0, 0.05) is 22.9 Å². The second kappa shape index (κ2) is 6.84. The molecule has 26 heavy (non-hydrogen) atoms. The van der Waals surface area contributed by atoms with Gasteiger partial charge in [-0.2, -0.15) is 5.10 Å². The van der Waals surface area contributed by atoms with E-state index in [1.54, 1.807) is 7.11 Å². The number of carbonyl (C=O) groups is 1. The van der Waals surface area contributed by atoms with E-state index >= 15 is 0 Å². The molecule has 1 aliphatic heterocycles. The third-order valence-electron chi connectivity index (χ3n) is 4.63. The van der Waals surface area contributed by atoms with Crippen LogP contribution in [-0.4, -0.2) is 22.8 Å². The molecule has 1 aliphatic rings. The van der Waals surface area contributed by atoms with Crippen LogP contribution in [0, 0.1) is 0 Å². The quantitative estimate of drug-likeness (QED) is 0.756. The SMILES string of the molecule is COc1cccc([C@@H]2CC(=O)Nc3c2cnn3Cc2ccc(Cl)cc2)c1. The monoisotopic (exact) mass is 367 g/mol. The Bertz CT molecular complexity index is 950. The Hall–Kier alpha value is -2.79. The molecule has 0 saturated carbocycles. The van der Waals surface area contributed by atoms with E-state index in [1.807, 2.05) is 59.4 Å². The van der Waals surface area contributed by atoms with Gasteiger partial charge in [0.1, 0.15) is 11.6 Å². The van der Waals surface area contributed by atoms with Crippen LogP contribution < -0.4 is 10.1 Å². The lowest BCUT2D eigenvalue weighted by atomic mass is 9.87. The zero-order valence-corrected chi connectivity index (χ0v) is 15.0. The number of methoxy groups -OCH3 is 1. The Labute approximate surface area is 156 Å². The first-order chi connectivity index (χ1) is 12.6. The number of amides is 1. The zero-order chi connectivity index (χ0) is 18.1. The summed E-state index contributed by atoms with van der Waals surface area (Å²) in [5, 5.41) is 8.18. The average molecular weight is 368 g/mol. The van der Waals surface area contributed by atoms with Crippen LogP contribution in [0.15, 0.2) is 54.7 Å². The number of hydrogen-bond acceptors (Lipinski definition) is 3. The van der Waals surface area contributed by atoms with Gasteiger partial charge in [-0.1, -0.05) is 35.9 Å². The molecule has 0 aliphatic carbocycles. The van der Waals surface area contributed by atoms with E-state index in [4.69, 9.17) is 16.3 Å². The zero-order valence-electron chi connectivity index (χ0n) is 14.3. The molecule has 4 rings (SSSR count). The summed E-state index contributed by atoms with van der Waals surface area (Å²) in [6.07, 6.45) is 2.24. The summed E-state index contributed by atoms with van der Waals surface area (Å²) in [4.78, 5) is 12.3. The molecule has 5 nitrogen and oxygen atoms in total. The van der Waals surface area contributed by atoms with Gasteiger partial charge >= 0.3 is 0 Å². The minimum atomic E-state index is -0.0344. The highest BCUT2D eigenvalue weighted by Crippen LogP contribution is 2.38. The molecule has 1 atom stereocenters. The van der Waals surface area contributed by atoms with Gasteiger partial charge in [-0.25, -0.2) is 4.68 Å². The van der Waals surface area contributed by atoms with Crippen LogP contribution in [-0.2, 0) is 11.3 Å². The van der Waals surface area contributed by atoms with Crippen molar-refractivity contribution >= 4 is 23.3 Å². The highest BCUT2D eigenvalue weighted by atomic mass is 35.5. The Balaban J connectivity index is 1.69. The minimum absolute atomic E-state index is 0.0109. The Kier molecular flexibility index (Phi) is 4.39. The van der Waals surface area contributed by atoms with Crippen LogP contribution in [0.25, 0.3) is 0 Å². The maximum absolute atomic E-state index is 12.3. The molecule has 6 heteroatoms. The normalized spacial score (nSPS) is 16.1. The summed E-state index contributed by atoms with van der Waals surface area (Å²) in [7, 11) is 1.64. The van der Waals surface area contributed by atoms with Gasteiger partial charge in [-0.05, 0) is 35.4 Å². The molecule has 1 amide bonds. The lowest BCUT2D eigenvalue weighted by molar-refractivity contribution is -0.116. The lowest BCUT2D eigenvalue weighted by Crippen LogP contribution is -2.25. The summed E-state index contributed by atoms with van der Waals surface area (Å²) < 4.78 is 7.14. The topological polar surface area (TPSA) is 56.1 Å². The fraction of sp³-hybridized carbons (Fsp3) is 0.200. The third kappa shape index (κ3) is 3.18. The standard InChI is InChI=1S/C20H18ClN3O2/c1-26-16-4-2-3-14(9-16)17-10-19(25)23-20-18(17)11-22-24(20)12-13-5-7-15(21)8-6-13/h2-9,11,17H,10,12H2,1H3,(H,23,25)/t17-/m0/s1. The number of anilines is 1. The summed E-state index contributed by atoms with van der Waals surface area (Å²) >= 11 is 5.95. The van der Waals surface area contributed by atoms with Crippen LogP contribution in [0.3, 0.4) is 0 Å². The molecule has 2 heterocycles. The molecule has 0 spiro atoms. The van der Waals surface area contributed by atoms with Crippen LogP contribution >= 0.6 is 11.6 Å². The highest BCUT2D eigenvalue weighted by molar-refractivity contribution is 6.30. The first kappa shape index (κ1) is 16.7. The van der Waals surface area contributed by atoms with E-state index in [0.29, 0.717) is 18.0 Å². The van der Waals surface area contributed by atoms with E-state index in [0.717, 1.165) is 28.3 Å². The first-order valence-electron chi connectivity index (χ1n) is 8.38. The number of halogens is 1. The van der Waals surface area contributed by atoms with Gasteiger partial charge in [0.15, 0.2) is 0 Å². The van der Waals surface area contributed by atoms with Crippen molar-refractivity contribution in [2.45, 2.75) is 18.9 Å². The van der Waals surface area contributed by atoms with E-state index in [-0.39, 0.29) is 11.8 Å². The molecule has 3 aromatic rings. The number of benzene rings is 2. The molecule has 2 aromatic carbocycles. The van der Waals surface area contributed by atoms with Crippen LogP contribution in [0.4, 0.5) is 5.82 Å². The van der Waals surface area contributed by atoms with Crippen molar-refractivity contribution in [2.75, 3.05) is 12.4 Å². The number of aromatic nitrogens is 2. The van der Waals surface area contributed by atoms with Crippen LogP contribution in [0.5, 0.6) is 5.75 Å². The largest absolute Gasteiger partial charge is 0.497 e. The van der Waals surface area contributed by atoms with Crippen molar-refractivity contribution in [2.24, 2.45) is 0 Å². The van der Waals surface area contributed by atoms with Gasteiger partial charge < -0.3 is 10.1 Å². The molecule has 132 valence electrons. The van der Waals surface area contributed by atoms with Crippen molar-refractivity contribution in [3.63, 3.8) is 0 Å². The number of carbonyl (C=O) groups excluding carboxylic acids is 1. The van der Waals surface area contributed by atoms with Crippen LogP contribution in [0.1, 0.15) is 29.0 Å². The van der Waals surface area contributed by atoms with Gasteiger partial charge in [0.05, 0.1) is 19.9 Å². The van der Waals surface area contributed by atoms with Crippen molar-refractivity contribution in [3.05, 3.63) is 76.4 Å². The molecule has 1 N–H and O–H groups in total. The fourth-order valence-electron chi connectivity index (χ4n) is 3.31. The minimum Gasteiger partial charge on any atom is -0.497 e. The predicted octanol–water partition coefficient (Wildman–Crippen LogP) is 4.07. The number of rotatable bonds is 4. The Morgan fingerprint density at radius 2 is 2.08 bits per heavy atom. The van der Waals surface area contributed by atoms with Crippen molar-refractivity contribution < 1.29 is 9.53 Å². The number of fused-ring (bicyclic) bond motifs is 1. The first-order valence-corrected chi connectivity index (χ1v) is 8.76. The average Bonchev–Trinajstić information content (AvgIpc) is 3.05. The van der Waals surface area contributed by atoms with Gasteiger partial charge in [0.25, 0.3) is 0 Å². The summed E-state index contributed by atoms with van der Waals surface area (Å²) in [6, 6.07) is 15.5. The second-order valence-electron chi connectivity index (χ2n) is 6.31. The fourth-order valence-corrected chi connectivity index (χ4v) is 3.43. The smallest absolute Gasteiger partial charge is 0.226 e. The molecular formula is C20H18ClN3O2. The Morgan fingerprint density at radius 3 is 2.85 bits per heavy atom. The van der Waals surface area contributed by atoms with E-state index in [1.165, 1.54) is 0 Å². The van der Waals surface area contributed by atoms with Crippen molar-refractivity contribution in [1.29, 1.82) is 0 Å². The van der Waals surface area contributed by atoms with Gasteiger partial charge in [-0.3, -0.25) is 4.79 Å². The lowest BCUT2D eigenvalue weighted by Gasteiger charge is -2.24. The van der Waals surface area contributed by atoms with Crippen LogP contribution in [0.2, 0.25) is 5.02 Å². The maximum Gasteiger partial charge on any atom is 0.226 e. The summed E-state index contributed by atoms with van der Waals surface area (Å²) in [6.45, 7) is 0.567. The predicted molar refractivity (Wildman–Crippen MR) is 101 cm³/mol. The highest BCUT2D eigenvalue weighted by Gasteiger charge is 2.30. The molecule has 0 unspecified atom stereocenters. The van der Waals surface area contributed by atoms with Crippen molar-refractivity contribution in [3.8, 4) is 5.75 Å². The van der Waals surface area contributed by atoms with E-state index in [9.17, 15) is 4.79 Å². The molecule has 0 fully saturated rings. The summed E-state index contributed by atoms with van der Waals surface area (Å²) in [5.74, 6) is 1.49. The number of nitrogens with one attached hydrogen (secondary N) is 1. The van der Waals surface area contributed by atoms with Crippen molar-refractivity contribution in [1.82, 2.24) is 9.78 Å². The van der Waals surface area contributed by atoms with E-state index < -0.39 is 0 Å². The van der Waals surface area contributed by atoms with E-state index in [2.05, 4.69) is 10.4 Å². The molecule has 0 saturated heterocycles.